The van der Waals surface area contributed by atoms with E-state index in [0.29, 0.717) is 11.4 Å². The minimum Gasteiger partial charge on any atom is -0.322 e. The molecule has 0 fully saturated rings. The number of aromatic nitrogens is 1. The van der Waals surface area contributed by atoms with Crippen LogP contribution in [0.4, 0.5) is 5.69 Å². The number of rotatable bonds is 1. The van der Waals surface area contributed by atoms with Gasteiger partial charge in [-0.05, 0) is 6.07 Å². The number of anilines is 1. The SMILES string of the molecule is N[C@@H]1N=C(c2nccs2)c2ccccc2NC1=O. The Bertz CT molecular complexity index is 621. The van der Waals surface area contributed by atoms with E-state index in [9.17, 15) is 4.79 Å². The molecule has 1 aromatic carbocycles. The summed E-state index contributed by atoms with van der Waals surface area (Å²) in [6.07, 6.45) is 0.799. The van der Waals surface area contributed by atoms with Crippen LogP contribution in [0.2, 0.25) is 0 Å². The lowest BCUT2D eigenvalue weighted by Crippen LogP contribution is -2.33. The van der Waals surface area contributed by atoms with Gasteiger partial charge < -0.3 is 11.1 Å². The van der Waals surface area contributed by atoms with Gasteiger partial charge in [0.1, 0.15) is 10.7 Å². The van der Waals surface area contributed by atoms with Gasteiger partial charge in [-0.1, -0.05) is 18.2 Å². The Hall–Kier alpha value is -2.05. The summed E-state index contributed by atoms with van der Waals surface area (Å²) >= 11 is 1.47. The first kappa shape index (κ1) is 11.1. The van der Waals surface area contributed by atoms with Gasteiger partial charge in [0.05, 0.1) is 5.69 Å². The number of nitrogens with one attached hydrogen (secondary N) is 1. The molecule has 0 aliphatic carbocycles. The number of benzene rings is 1. The number of carbonyl (C=O) groups excluding carboxylic acids is 1. The lowest BCUT2D eigenvalue weighted by Gasteiger charge is -2.06. The van der Waals surface area contributed by atoms with Gasteiger partial charge in [-0.3, -0.25) is 9.79 Å². The fourth-order valence-electron chi connectivity index (χ4n) is 1.78. The minimum absolute atomic E-state index is 0.311. The van der Waals surface area contributed by atoms with Gasteiger partial charge in [-0.15, -0.1) is 11.3 Å². The van der Waals surface area contributed by atoms with Crippen molar-refractivity contribution in [2.45, 2.75) is 6.17 Å². The van der Waals surface area contributed by atoms with Gasteiger partial charge in [-0.2, -0.15) is 0 Å². The first-order chi connectivity index (χ1) is 8.75. The summed E-state index contributed by atoms with van der Waals surface area (Å²) in [5, 5.41) is 5.39. The lowest BCUT2D eigenvalue weighted by molar-refractivity contribution is -0.117. The third-order valence-electron chi connectivity index (χ3n) is 2.61. The second-order valence-electron chi connectivity index (χ2n) is 3.79. The van der Waals surface area contributed by atoms with Crippen molar-refractivity contribution in [2.24, 2.45) is 10.7 Å². The Morgan fingerprint density at radius 1 is 1.33 bits per heavy atom. The van der Waals surface area contributed by atoms with E-state index in [1.54, 1.807) is 6.20 Å². The van der Waals surface area contributed by atoms with Gasteiger partial charge in [0.15, 0.2) is 6.17 Å². The molecule has 1 atom stereocenters. The van der Waals surface area contributed by atoms with Crippen LogP contribution >= 0.6 is 11.3 Å². The Labute approximate surface area is 107 Å². The van der Waals surface area contributed by atoms with Crippen LogP contribution in [-0.2, 0) is 4.79 Å². The molecule has 1 aliphatic rings. The fraction of sp³-hybridized carbons (Fsp3) is 0.0833. The maximum Gasteiger partial charge on any atom is 0.263 e. The molecule has 6 heteroatoms. The molecule has 0 saturated heterocycles. The van der Waals surface area contributed by atoms with Crippen molar-refractivity contribution in [3.05, 3.63) is 46.4 Å². The molecule has 2 aromatic rings. The normalized spacial score (nSPS) is 18.6. The monoisotopic (exact) mass is 258 g/mol. The molecule has 0 bridgehead atoms. The summed E-state index contributed by atoms with van der Waals surface area (Å²) in [6.45, 7) is 0. The van der Waals surface area contributed by atoms with Crippen LogP contribution in [0.15, 0.2) is 40.8 Å². The first-order valence-electron chi connectivity index (χ1n) is 5.39. The largest absolute Gasteiger partial charge is 0.322 e. The number of thiazole rings is 1. The van der Waals surface area contributed by atoms with Crippen molar-refractivity contribution in [2.75, 3.05) is 5.32 Å². The van der Waals surface area contributed by atoms with Crippen molar-refractivity contribution in [3.8, 4) is 0 Å². The molecule has 0 radical (unpaired) electrons. The number of amides is 1. The number of nitrogens with zero attached hydrogens (tertiary/aromatic N) is 2. The number of carbonyl (C=O) groups is 1. The topological polar surface area (TPSA) is 80.4 Å². The molecule has 0 unspecified atom stereocenters. The molecule has 5 nitrogen and oxygen atoms in total. The number of hydrogen-bond acceptors (Lipinski definition) is 5. The van der Waals surface area contributed by atoms with Gasteiger partial charge in [-0.25, -0.2) is 4.98 Å². The standard InChI is InChI=1S/C12H10N4OS/c13-10-11(17)15-8-4-2-1-3-7(8)9(16-10)12-14-5-6-18-12/h1-6,10H,13H2,(H,15,17)/t10-/m1/s1. The van der Waals surface area contributed by atoms with E-state index in [0.717, 1.165) is 10.6 Å². The molecular weight excluding hydrogens is 248 g/mol. The molecule has 1 amide bonds. The van der Waals surface area contributed by atoms with E-state index in [4.69, 9.17) is 5.73 Å². The predicted octanol–water partition coefficient (Wildman–Crippen LogP) is 1.22. The first-order valence-corrected chi connectivity index (χ1v) is 6.27. The predicted molar refractivity (Wildman–Crippen MR) is 70.8 cm³/mol. The van der Waals surface area contributed by atoms with Gasteiger partial charge in [0, 0.05) is 17.1 Å². The fourth-order valence-corrected chi connectivity index (χ4v) is 2.43. The van der Waals surface area contributed by atoms with Crippen LogP contribution < -0.4 is 11.1 Å². The van der Waals surface area contributed by atoms with E-state index < -0.39 is 6.17 Å². The highest BCUT2D eigenvalue weighted by Gasteiger charge is 2.23. The number of fused-ring (bicyclic) bond motifs is 1. The number of nitrogens with two attached hydrogens (primary N) is 1. The zero-order chi connectivity index (χ0) is 12.5. The number of benzodiazepines with no additional fused rings is 1. The van der Waals surface area contributed by atoms with Gasteiger partial charge in [0.25, 0.3) is 5.91 Å². The van der Waals surface area contributed by atoms with Crippen LogP contribution in [0.3, 0.4) is 0 Å². The zero-order valence-electron chi connectivity index (χ0n) is 9.33. The summed E-state index contributed by atoms with van der Waals surface area (Å²) in [6, 6.07) is 7.47. The summed E-state index contributed by atoms with van der Waals surface area (Å²) in [7, 11) is 0. The molecule has 1 aromatic heterocycles. The maximum absolute atomic E-state index is 11.7. The Morgan fingerprint density at radius 3 is 2.94 bits per heavy atom. The number of para-hydroxylation sites is 1. The van der Waals surface area contributed by atoms with Crippen molar-refractivity contribution < 1.29 is 4.79 Å². The van der Waals surface area contributed by atoms with Crippen molar-refractivity contribution in [1.29, 1.82) is 0 Å². The second kappa shape index (κ2) is 4.32. The molecular formula is C12H10N4OS. The van der Waals surface area contributed by atoms with E-state index in [-0.39, 0.29) is 5.91 Å². The molecule has 0 spiro atoms. The molecule has 90 valence electrons. The Kier molecular flexibility index (Phi) is 2.66. The highest BCUT2D eigenvalue weighted by molar-refractivity contribution is 7.11. The van der Waals surface area contributed by atoms with Crippen LogP contribution in [0.1, 0.15) is 10.6 Å². The van der Waals surface area contributed by atoms with Gasteiger partial charge >= 0.3 is 0 Å². The van der Waals surface area contributed by atoms with Crippen LogP contribution in [0.25, 0.3) is 0 Å². The summed E-state index contributed by atoms with van der Waals surface area (Å²) in [4.78, 5) is 20.2. The molecule has 3 rings (SSSR count). The Balaban J connectivity index is 2.21. The van der Waals surface area contributed by atoms with E-state index in [2.05, 4.69) is 15.3 Å². The smallest absolute Gasteiger partial charge is 0.263 e. The van der Waals surface area contributed by atoms with Crippen molar-refractivity contribution in [1.82, 2.24) is 4.98 Å². The summed E-state index contributed by atoms with van der Waals surface area (Å²) in [5.74, 6) is -0.311. The summed E-state index contributed by atoms with van der Waals surface area (Å²) < 4.78 is 0. The zero-order valence-corrected chi connectivity index (χ0v) is 10.1. The third-order valence-corrected chi connectivity index (χ3v) is 3.39. The molecule has 1 aliphatic heterocycles. The quantitative estimate of drug-likeness (QED) is 0.807. The summed E-state index contributed by atoms with van der Waals surface area (Å²) in [5.41, 5.74) is 7.94. The lowest BCUT2D eigenvalue weighted by atomic mass is 10.1. The average Bonchev–Trinajstić information content (AvgIpc) is 2.86. The third kappa shape index (κ3) is 1.81. The molecule has 2 heterocycles. The van der Waals surface area contributed by atoms with E-state index >= 15 is 0 Å². The van der Waals surface area contributed by atoms with Crippen molar-refractivity contribution >= 4 is 28.6 Å². The van der Waals surface area contributed by atoms with E-state index in [1.165, 1.54) is 11.3 Å². The van der Waals surface area contributed by atoms with Crippen LogP contribution in [0.5, 0.6) is 0 Å². The highest BCUT2D eigenvalue weighted by Crippen LogP contribution is 2.23. The van der Waals surface area contributed by atoms with Gasteiger partial charge in [0.2, 0.25) is 0 Å². The molecule has 3 N–H and O–H groups in total. The second-order valence-corrected chi connectivity index (χ2v) is 4.69. The minimum atomic E-state index is -0.906. The van der Waals surface area contributed by atoms with E-state index in [1.807, 2.05) is 29.6 Å². The highest BCUT2D eigenvalue weighted by atomic mass is 32.1. The Morgan fingerprint density at radius 2 is 2.17 bits per heavy atom. The number of hydrogen-bond donors (Lipinski definition) is 2. The average molecular weight is 258 g/mol. The number of aliphatic imine (C=N–C) groups is 1. The van der Waals surface area contributed by atoms with Crippen LogP contribution in [-0.4, -0.2) is 22.8 Å². The maximum atomic E-state index is 11.7. The molecule has 18 heavy (non-hydrogen) atoms. The van der Waals surface area contributed by atoms with Crippen LogP contribution in [0, 0.1) is 0 Å². The molecule has 0 saturated carbocycles. The van der Waals surface area contributed by atoms with Crippen molar-refractivity contribution in [3.63, 3.8) is 0 Å².